The maximum atomic E-state index is 9.00. The molecule has 9 heavy (non-hydrogen) atoms. The summed E-state index contributed by atoms with van der Waals surface area (Å²) < 4.78 is 0. The molecule has 0 aromatic heterocycles. The molecule has 0 saturated carbocycles. The Kier molecular flexibility index (Phi) is 18.6. The molecule has 0 spiro atoms. The molecular weight excluding hydrogens is 307 g/mol. The van der Waals surface area contributed by atoms with Gasteiger partial charge in [0.1, 0.15) is 0 Å². The van der Waals surface area contributed by atoms with E-state index in [-0.39, 0.29) is 21.1 Å². The minimum absolute atomic E-state index is 0. The van der Waals surface area contributed by atoms with Crippen LogP contribution in [0.5, 0.6) is 0 Å². The molecule has 58 valence electrons. The van der Waals surface area contributed by atoms with Crippen molar-refractivity contribution in [2.75, 3.05) is 0 Å². The fraction of sp³-hybridized carbons (Fsp3) is 0.500. The molecule has 0 radical (unpaired) electrons. The summed E-state index contributed by atoms with van der Waals surface area (Å²) in [6, 6.07) is 0. The van der Waals surface area contributed by atoms with Crippen LogP contribution in [-0.2, 0) is 30.7 Å². The summed E-state index contributed by atoms with van der Waals surface area (Å²) in [7, 11) is 0. The molecule has 0 aliphatic carbocycles. The molecule has 0 atom stereocenters. The van der Waals surface area contributed by atoms with Crippen LogP contribution in [0.25, 0.3) is 0 Å². The van der Waals surface area contributed by atoms with Gasteiger partial charge in [0.25, 0.3) is 11.9 Å². The Bertz CT molecular complexity index is 70.6. The molecule has 0 aliphatic rings. The van der Waals surface area contributed by atoms with Gasteiger partial charge in [0, 0.05) is 34.9 Å². The van der Waals surface area contributed by atoms with E-state index in [2.05, 4.69) is 0 Å². The fourth-order valence-electron chi connectivity index (χ4n) is 0. The average Bonchev–Trinajstić information content (AvgIpc) is 1.25. The Balaban J connectivity index is -0.0000000720. The molecule has 0 bridgehead atoms. The average molecular weight is 315 g/mol. The predicted octanol–water partition coefficient (Wildman–Crippen LogP) is 0.179. The Morgan fingerprint density at radius 3 is 1.00 bits per heavy atom. The largest absolute Gasteiger partial charge is 0.481 e. The van der Waals surface area contributed by atoms with Gasteiger partial charge in [-0.3, -0.25) is 9.59 Å². The summed E-state index contributed by atoms with van der Waals surface area (Å²) in [5.74, 6) is -1.67. The smallest absolute Gasteiger partial charge is 0.300 e. The van der Waals surface area contributed by atoms with Crippen LogP contribution < -0.4 is 0 Å². The van der Waals surface area contributed by atoms with Crippen molar-refractivity contribution in [2.24, 2.45) is 0 Å². The van der Waals surface area contributed by atoms with Gasteiger partial charge in [0.2, 0.25) is 0 Å². The zero-order valence-corrected chi connectivity index (χ0v) is 7.30. The van der Waals surface area contributed by atoms with Crippen molar-refractivity contribution >= 4 is 11.9 Å². The SMILES string of the molecule is CC(=O)O.CC(=O)O.[Pt]. The van der Waals surface area contributed by atoms with Crippen LogP contribution in [0.1, 0.15) is 13.8 Å². The van der Waals surface area contributed by atoms with Gasteiger partial charge in [0.15, 0.2) is 0 Å². The second kappa shape index (κ2) is 10.6. The summed E-state index contributed by atoms with van der Waals surface area (Å²) in [6.45, 7) is 2.17. The summed E-state index contributed by atoms with van der Waals surface area (Å²) in [5, 5.41) is 14.8. The van der Waals surface area contributed by atoms with Gasteiger partial charge in [-0.1, -0.05) is 0 Å². The first-order valence-electron chi connectivity index (χ1n) is 1.86. The Hall–Kier alpha value is -0.372. The van der Waals surface area contributed by atoms with E-state index < -0.39 is 11.9 Å². The van der Waals surface area contributed by atoms with Gasteiger partial charge < -0.3 is 10.2 Å². The van der Waals surface area contributed by atoms with Crippen LogP contribution in [0.2, 0.25) is 0 Å². The second-order valence-electron chi connectivity index (χ2n) is 1.04. The number of carboxylic acid groups (broad SMARTS) is 2. The van der Waals surface area contributed by atoms with Crippen LogP contribution in [0.3, 0.4) is 0 Å². The number of aliphatic carboxylic acids is 2. The van der Waals surface area contributed by atoms with Crippen molar-refractivity contribution in [2.45, 2.75) is 13.8 Å². The predicted molar refractivity (Wildman–Crippen MR) is 26.6 cm³/mol. The van der Waals surface area contributed by atoms with Crippen molar-refractivity contribution in [3.8, 4) is 0 Å². The van der Waals surface area contributed by atoms with Crippen molar-refractivity contribution in [1.82, 2.24) is 0 Å². The zero-order chi connectivity index (χ0) is 7.15. The number of hydrogen-bond donors (Lipinski definition) is 2. The summed E-state index contributed by atoms with van der Waals surface area (Å²) >= 11 is 0. The molecular formula is C4H8O4Pt. The van der Waals surface area contributed by atoms with Crippen LogP contribution in [0.4, 0.5) is 0 Å². The van der Waals surface area contributed by atoms with E-state index in [1.165, 1.54) is 0 Å². The van der Waals surface area contributed by atoms with Gasteiger partial charge in [-0.2, -0.15) is 0 Å². The monoisotopic (exact) mass is 315 g/mol. The molecule has 2 N–H and O–H groups in total. The standard InChI is InChI=1S/2C2H4O2.Pt/c2*1-2(3)4;/h2*1H3,(H,3,4);. The molecule has 0 amide bonds. The van der Waals surface area contributed by atoms with Crippen molar-refractivity contribution in [1.29, 1.82) is 0 Å². The molecule has 0 aromatic rings. The first-order valence-corrected chi connectivity index (χ1v) is 1.86. The minimum atomic E-state index is -0.833. The number of carbonyl (C=O) groups is 2. The minimum Gasteiger partial charge on any atom is -0.481 e. The number of hydrogen-bond acceptors (Lipinski definition) is 2. The Morgan fingerprint density at radius 2 is 1.00 bits per heavy atom. The van der Waals surface area contributed by atoms with Crippen LogP contribution in [-0.4, -0.2) is 22.2 Å². The van der Waals surface area contributed by atoms with Crippen molar-refractivity contribution < 1.29 is 40.9 Å². The molecule has 0 saturated heterocycles. The molecule has 0 aromatic carbocycles. The molecule has 4 nitrogen and oxygen atoms in total. The molecule has 0 unspecified atom stereocenters. The summed E-state index contributed by atoms with van der Waals surface area (Å²) in [4.78, 5) is 18.0. The maximum absolute atomic E-state index is 9.00. The topological polar surface area (TPSA) is 74.6 Å². The zero-order valence-electron chi connectivity index (χ0n) is 5.03. The quantitative estimate of drug-likeness (QED) is 0.669. The van der Waals surface area contributed by atoms with E-state index in [1.54, 1.807) is 0 Å². The summed E-state index contributed by atoms with van der Waals surface area (Å²) in [6.07, 6.45) is 0. The first kappa shape index (κ1) is 15.8. The first-order chi connectivity index (χ1) is 3.46. The maximum Gasteiger partial charge on any atom is 0.300 e. The van der Waals surface area contributed by atoms with Gasteiger partial charge in [-0.25, -0.2) is 0 Å². The molecule has 5 heteroatoms. The van der Waals surface area contributed by atoms with Crippen molar-refractivity contribution in [3.05, 3.63) is 0 Å². The molecule has 0 fully saturated rings. The van der Waals surface area contributed by atoms with Gasteiger partial charge >= 0.3 is 0 Å². The third-order valence-corrected chi connectivity index (χ3v) is 0. The normalized spacial score (nSPS) is 5.56. The van der Waals surface area contributed by atoms with E-state index in [1.807, 2.05) is 0 Å². The van der Waals surface area contributed by atoms with Crippen LogP contribution >= 0.6 is 0 Å². The van der Waals surface area contributed by atoms with E-state index in [0.717, 1.165) is 13.8 Å². The number of rotatable bonds is 0. The van der Waals surface area contributed by atoms with E-state index in [9.17, 15) is 0 Å². The Labute approximate surface area is 67.1 Å². The van der Waals surface area contributed by atoms with Crippen LogP contribution in [0.15, 0.2) is 0 Å². The van der Waals surface area contributed by atoms with Crippen molar-refractivity contribution in [3.63, 3.8) is 0 Å². The van der Waals surface area contributed by atoms with Gasteiger partial charge in [-0.05, 0) is 0 Å². The van der Waals surface area contributed by atoms with Gasteiger partial charge in [0.05, 0.1) is 0 Å². The van der Waals surface area contributed by atoms with Gasteiger partial charge in [-0.15, -0.1) is 0 Å². The van der Waals surface area contributed by atoms with E-state index in [0.29, 0.717) is 0 Å². The molecule has 0 aliphatic heterocycles. The third kappa shape index (κ3) is 1750. The Morgan fingerprint density at radius 1 is 1.00 bits per heavy atom. The third-order valence-electron chi connectivity index (χ3n) is 0. The van der Waals surface area contributed by atoms with E-state index in [4.69, 9.17) is 19.8 Å². The summed E-state index contributed by atoms with van der Waals surface area (Å²) in [5.41, 5.74) is 0. The molecule has 0 rings (SSSR count). The van der Waals surface area contributed by atoms with E-state index >= 15 is 0 Å². The fourth-order valence-corrected chi connectivity index (χ4v) is 0. The molecule has 0 heterocycles. The second-order valence-corrected chi connectivity index (χ2v) is 1.04. The number of carboxylic acids is 2. The van der Waals surface area contributed by atoms with Crippen LogP contribution in [0, 0.1) is 0 Å².